The zero-order valence-electron chi connectivity index (χ0n) is 10.9. The van der Waals surface area contributed by atoms with Gasteiger partial charge >= 0.3 is 6.18 Å². The molecule has 0 aliphatic rings. The van der Waals surface area contributed by atoms with Crippen LogP contribution in [0.3, 0.4) is 0 Å². The first-order valence-electron chi connectivity index (χ1n) is 5.89. The minimum absolute atomic E-state index is 0.0466. The molecule has 0 atom stereocenters. The summed E-state index contributed by atoms with van der Waals surface area (Å²) < 4.78 is 43.8. The van der Waals surface area contributed by atoms with Crippen molar-refractivity contribution in [1.82, 2.24) is 0 Å². The lowest BCUT2D eigenvalue weighted by molar-refractivity contribution is -0.137. The molecule has 0 radical (unpaired) electrons. The highest BCUT2D eigenvalue weighted by Crippen LogP contribution is 2.35. The second-order valence-corrected chi connectivity index (χ2v) is 4.42. The van der Waals surface area contributed by atoms with Crippen LogP contribution in [0, 0.1) is 18.3 Å². The lowest BCUT2D eigenvalue weighted by Crippen LogP contribution is -2.07. The van der Waals surface area contributed by atoms with Gasteiger partial charge in [0, 0.05) is 6.07 Å². The Morgan fingerprint density at radius 3 is 2.38 bits per heavy atom. The van der Waals surface area contributed by atoms with Gasteiger partial charge in [-0.3, -0.25) is 0 Å². The molecule has 0 aliphatic carbocycles. The molecule has 2 aromatic carbocycles. The molecule has 3 nitrogen and oxygen atoms in total. The predicted octanol–water partition coefficient (Wildman–Crippen LogP) is 4.38. The number of halogens is 3. The number of nitriles is 1. The quantitative estimate of drug-likeness (QED) is 0.893. The normalized spacial score (nSPS) is 11.0. The van der Waals surface area contributed by atoms with E-state index in [1.807, 2.05) is 0 Å². The van der Waals surface area contributed by atoms with E-state index >= 15 is 0 Å². The summed E-state index contributed by atoms with van der Waals surface area (Å²) >= 11 is 0. The van der Waals surface area contributed by atoms with Crippen molar-refractivity contribution < 1.29 is 23.0 Å². The van der Waals surface area contributed by atoms with Crippen LogP contribution in [0.2, 0.25) is 0 Å². The zero-order valence-corrected chi connectivity index (χ0v) is 10.9. The van der Waals surface area contributed by atoms with Gasteiger partial charge in [0.1, 0.15) is 17.2 Å². The summed E-state index contributed by atoms with van der Waals surface area (Å²) in [5, 5.41) is 18.1. The van der Waals surface area contributed by atoms with E-state index < -0.39 is 17.3 Å². The summed E-state index contributed by atoms with van der Waals surface area (Å²) in [7, 11) is 0. The average molecular weight is 293 g/mol. The van der Waals surface area contributed by atoms with Gasteiger partial charge in [0.2, 0.25) is 0 Å². The number of aryl methyl sites for hydroxylation is 1. The fourth-order valence-electron chi connectivity index (χ4n) is 1.84. The average Bonchev–Trinajstić information content (AvgIpc) is 2.36. The van der Waals surface area contributed by atoms with Crippen molar-refractivity contribution in [2.24, 2.45) is 0 Å². The van der Waals surface area contributed by atoms with Gasteiger partial charge in [0.15, 0.2) is 0 Å². The SMILES string of the molecule is Cc1cc(O)cc(Oc2ccc(C#N)c(C(F)(F)F)c2)c1. The van der Waals surface area contributed by atoms with E-state index in [1.54, 1.807) is 13.0 Å². The molecule has 0 saturated carbocycles. The van der Waals surface area contributed by atoms with Crippen LogP contribution < -0.4 is 4.74 Å². The lowest BCUT2D eigenvalue weighted by Gasteiger charge is -2.12. The largest absolute Gasteiger partial charge is 0.508 e. The van der Waals surface area contributed by atoms with Gasteiger partial charge in [-0.25, -0.2) is 0 Å². The monoisotopic (exact) mass is 293 g/mol. The van der Waals surface area contributed by atoms with Gasteiger partial charge in [0.05, 0.1) is 17.2 Å². The van der Waals surface area contributed by atoms with E-state index in [9.17, 15) is 18.3 Å². The van der Waals surface area contributed by atoms with Gasteiger partial charge in [-0.05, 0) is 42.8 Å². The molecule has 2 aromatic rings. The molecule has 0 unspecified atom stereocenters. The molecule has 0 aromatic heterocycles. The number of rotatable bonds is 2. The summed E-state index contributed by atoms with van der Waals surface area (Å²) in [4.78, 5) is 0. The van der Waals surface area contributed by atoms with Crippen LogP contribution in [0.4, 0.5) is 13.2 Å². The highest BCUT2D eigenvalue weighted by molar-refractivity contribution is 5.46. The van der Waals surface area contributed by atoms with Crippen molar-refractivity contribution in [2.45, 2.75) is 13.1 Å². The van der Waals surface area contributed by atoms with Gasteiger partial charge < -0.3 is 9.84 Å². The smallest absolute Gasteiger partial charge is 0.417 e. The van der Waals surface area contributed by atoms with Crippen LogP contribution in [0.15, 0.2) is 36.4 Å². The summed E-state index contributed by atoms with van der Waals surface area (Å²) in [6.45, 7) is 1.71. The number of hydrogen-bond donors (Lipinski definition) is 1. The van der Waals surface area contributed by atoms with Gasteiger partial charge in [-0.1, -0.05) is 0 Å². The Morgan fingerprint density at radius 1 is 1.10 bits per heavy atom. The standard InChI is InChI=1S/C15H10F3NO2/c1-9-4-11(20)6-13(5-9)21-12-3-2-10(8-19)14(7-12)15(16,17)18/h2-7,20H,1H3. The molecular weight excluding hydrogens is 283 g/mol. The molecule has 0 saturated heterocycles. The summed E-state index contributed by atoms with van der Waals surface area (Å²) in [5.74, 6) is 0.103. The molecule has 0 aliphatic heterocycles. The minimum atomic E-state index is -4.64. The number of phenols is 1. The van der Waals surface area contributed by atoms with Crippen molar-refractivity contribution in [3.63, 3.8) is 0 Å². The summed E-state index contributed by atoms with van der Waals surface area (Å²) in [5.41, 5.74) is -0.823. The maximum atomic E-state index is 12.8. The van der Waals surface area contributed by atoms with Crippen molar-refractivity contribution in [1.29, 1.82) is 5.26 Å². The fraction of sp³-hybridized carbons (Fsp3) is 0.133. The lowest BCUT2D eigenvalue weighted by atomic mass is 10.1. The molecule has 0 fully saturated rings. The number of alkyl halides is 3. The highest BCUT2D eigenvalue weighted by Gasteiger charge is 2.34. The van der Waals surface area contributed by atoms with Gasteiger partial charge in [-0.15, -0.1) is 0 Å². The molecule has 2 rings (SSSR count). The fourth-order valence-corrected chi connectivity index (χ4v) is 1.84. The van der Waals surface area contributed by atoms with Crippen LogP contribution in [-0.4, -0.2) is 5.11 Å². The molecule has 6 heteroatoms. The topological polar surface area (TPSA) is 53.2 Å². The third-order valence-electron chi connectivity index (χ3n) is 2.69. The predicted molar refractivity (Wildman–Crippen MR) is 69.1 cm³/mol. The molecule has 0 spiro atoms. The molecular formula is C15H10F3NO2. The van der Waals surface area contributed by atoms with Crippen LogP contribution in [0.1, 0.15) is 16.7 Å². The van der Waals surface area contributed by atoms with Crippen LogP contribution in [0.25, 0.3) is 0 Å². The number of aromatic hydroxyl groups is 1. The van der Waals surface area contributed by atoms with E-state index in [4.69, 9.17) is 10.00 Å². The van der Waals surface area contributed by atoms with Crippen molar-refractivity contribution in [2.75, 3.05) is 0 Å². The van der Waals surface area contributed by atoms with E-state index in [1.165, 1.54) is 24.3 Å². The van der Waals surface area contributed by atoms with Gasteiger partial charge in [-0.2, -0.15) is 18.4 Å². The summed E-state index contributed by atoms with van der Waals surface area (Å²) in [6.07, 6.45) is -4.64. The number of benzene rings is 2. The maximum absolute atomic E-state index is 12.8. The Hall–Kier alpha value is -2.68. The number of hydrogen-bond acceptors (Lipinski definition) is 3. The Kier molecular flexibility index (Phi) is 3.76. The Balaban J connectivity index is 2.40. The second-order valence-electron chi connectivity index (χ2n) is 4.42. The van der Waals surface area contributed by atoms with Crippen molar-refractivity contribution in [3.8, 4) is 23.3 Å². The molecule has 21 heavy (non-hydrogen) atoms. The minimum Gasteiger partial charge on any atom is -0.508 e. The molecule has 0 amide bonds. The first kappa shape index (κ1) is 14.7. The van der Waals surface area contributed by atoms with Crippen LogP contribution in [0.5, 0.6) is 17.2 Å². The van der Waals surface area contributed by atoms with E-state index in [0.29, 0.717) is 5.56 Å². The number of ether oxygens (including phenoxy) is 1. The first-order valence-corrected chi connectivity index (χ1v) is 5.89. The third kappa shape index (κ3) is 3.45. The highest BCUT2D eigenvalue weighted by atomic mass is 19.4. The molecule has 108 valence electrons. The Labute approximate surface area is 118 Å². The Morgan fingerprint density at radius 2 is 1.81 bits per heavy atom. The number of phenolic OH excluding ortho intramolecular Hbond substituents is 1. The Bertz CT molecular complexity index is 698. The van der Waals surface area contributed by atoms with Crippen LogP contribution in [-0.2, 0) is 6.18 Å². The van der Waals surface area contributed by atoms with Gasteiger partial charge in [0.25, 0.3) is 0 Å². The van der Waals surface area contributed by atoms with E-state index in [2.05, 4.69) is 0 Å². The third-order valence-corrected chi connectivity index (χ3v) is 2.69. The number of nitrogens with zero attached hydrogens (tertiary/aromatic N) is 1. The first-order chi connectivity index (χ1) is 9.79. The van der Waals surface area contributed by atoms with Crippen molar-refractivity contribution in [3.05, 3.63) is 53.1 Å². The zero-order chi connectivity index (χ0) is 15.6. The van der Waals surface area contributed by atoms with Crippen molar-refractivity contribution >= 4 is 0 Å². The summed E-state index contributed by atoms with van der Waals surface area (Å²) in [6, 6.07) is 8.94. The second kappa shape index (κ2) is 5.37. The van der Waals surface area contributed by atoms with Crippen LogP contribution >= 0.6 is 0 Å². The molecule has 1 N–H and O–H groups in total. The van der Waals surface area contributed by atoms with E-state index in [0.717, 1.165) is 12.1 Å². The van der Waals surface area contributed by atoms with E-state index in [-0.39, 0.29) is 17.2 Å². The maximum Gasteiger partial charge on any atom is 0.417 e. The molecule has 0 bridgehead atoms. The molecule has 0 heterocycles.